The monoisotopic (exact) mass is 568 g/mol. The number of pyridine rings is 1. The predicted octanol–water partition coefficient (Wildman–Crippen LogP) is 4.90. The van der Waals surface area contributed by atoms with Crippen LogP contribution >= 0.6 is 0 Å². The van der Waals surface area contributed by atoms with Crippen molar-refractivity contribution in [3.8, 4) is 0 Å². The topological polar surface area (TPSA) is 113 Å². The lowest BCUT2D eigenvalue weighted by atomic mass is 9.95. The molecule has 1 aliphatic heterocycles. The average Bonchev–Trinajstić information content (AvgIpc) is 2.96. The van der Waals surface area contributed by atoms with Crippen molar-refractivity contribution in [3.63, 3.8) is 0 Å². The Morgan fingerprint density at radius 1 is 1.15 bits per heavy atom. The Bertz CT molecular complexity index is 1410. The smallest absolute Gasteiger partial charge is 0.416 e. The number of carbonyl (C=O) groups excluding carboxylic acids is 1. The standard InChI is InChI=1S/C30H31F3N4O4/c1-3-21-14-23(30(31,32)33)12-18(2)26(21)27(38)37-24(29(39)40)13-19-7-9-22(10-8-19)28-36-16-20(17-41-28)15-35-25-6-4-5-11-34-25/h4-12,14,20,24H,3,13,15-17H2,1-2H3,(H,34,35)(H,37,38)(H,39,40). The fraction of sp³-hybridized carbons (Fsp3) is 0.333. The van der Waals surface area contributed by atoms with Crippen LogP contribution in [0.25, 0.3) is 0 Å². The molecular weight excluding hydrogens is 537 g/mol. The summed E-state index contributed by atoms with van der Waals surface area (Å²) < 4.78 is 45.6. The van der Waals surface area contributed by atoms with E-state index in [9.17, 15) is 27.9 Å². The van der Waals surface area contributed by atoms with E-state index in [1.54, 1.807) is 37.4 Å². The number of aliphatic carboxylic acids is 1. The number of carbonyl (C=O) groups is 2. The summed E-state index contributed by atoms with van der Waals surface area (Å²) in [5.74, 6) is -0.515. The number of anilines is 1. The molecule has 0 radical (unpaired) electrons. The van der Waals surface area contributed by atoms with Gasteiger partial charge in [-0.1, -0.05) is 25.1 Å². The maximum atomic E-state index is 13.2. The largest absolute Gasteiger partial charge is 0.480 e. The van der Waals surface area contributed by atoms with Gasteiger partial charge in [-0.3, -0.25) is 9.79 Å². The van der Waals surface area contributed by atoms with Crippen LogP contribution in [0.4, 0.5) is 19.0 Å². The van der Waals surface area contributed by atoms with Gasteiger partial charge in [0.15, 0.2) is 0 Å². The van der Waals surface area contributed by atoms with E-state index < -0.39 is 29.7 Å². The minimum atomic E-state index is -4.55. The van der Waals surface area contributed by atoms with Crippen molar-refractivity contribution in [2.75, 3.05) is 25.0 Å². The second-order valence-electron chi connectivity index (χ2n) is 9.86. The highest BCUT2D eigenvalue weighted by atomic mass is 19.4. The number of hydrogen-bond donors (Lipinski definition) is 3. The van der Waals surface area contributed by atoms with E-state index in [1.807, 2.05) is 18.2 Å². The maximum Gasteiger partial charge on any atom is 0.416 e. The molecule has 0 saturated heterocycles. The molecule has 1 amide bonds. The molecule has 41 heavy (non-hydrogen) atoms. The number of carboxylic acid groups (broad SMARTS) is 1. The van der Waals surface area contributed by atoms with Gasteiger partial charge < -0.3 is 20.5 Å². The molecule has 0 aliphatic carbocycles. The molecule has 0 spiro atoms. The third-order valence-corrected chi connectivity index (χ3v) is 6.78. The predicted molar refractivity (Wildman–Crippen MR) is 148 cm³/mol. The van der Waals surface area contributed by atoms with Gasteiger partial charge in [0.25, 0.3) is 5.91 Å². The summed E-state index contributed by atoms with van der Waals surface area (Å²) in [6, 6.07) is 13.2. The lowest BCUT2D eigenvalue weighted by Crippen LogP contribution is -2.43. The third kappa shape index (κ3) is 7.62. The number of benzene rings is 2. The Hall–Kier alpha value is -4.41. The van der Waals surface area contributed by atoms with Crippen LogP contribution in [-0.2, 0) is 28.5 Å². The van der Waals surface area contributed by atoms with Gasteiger partial charge in [-0.05, 0) is 66.4 Å². The first-order valence-corrected chi connectivity index (χ1v) is 13.2. The van der Waals surface area contributed by atoms with E-state index in [4.69, 9.17) is 4.74 Å². The lowest BCUT2D eigenvalue weighted by molar-refractivity contribution is -0.139. The minimum absolute atomic E-state index is 0.0168. The molecule has 0 fully saturated rings. The zero-order valence-corrected chi connectivity index (χ0v) is 22.7. The number of carboxylic acids is 1. The number of hydrogen-bond acceptors (Lipinski definition) is 6. The summed E-state index contributed by atoms with van der Waals surface area (Å²) in [5.41, 5.74) is 0.936. The first kappa shape index (κ1) is 29.6. The van der Waals surface area contributed by atoms with Gasteiger partial charge in [0.05, 0.1) is 18.7 Å². The van der Waals surface area contributed by atoms with Crippen LogP contribution in [0.2, 0.25) is 0 Å². The normalized spacial score (nSPS) is 15.8. The van der Waals surface area contributed by atoms with Crippen LogP contribution in [-0.4, -0.2) is 53.6 Å². The molecule has 0 bridgehead atoms. The number of ether oxygens (including phenoxy) is 1. The number of rotatable bonds is 10. The van der Waals surface area contributed by atoms with Crippen molar-refractivity contribution in [2.24, 2.45) is 10.9 Å². The minimum Gasteiger partial charge on any atom is -0.480 e. The van der Waals surface area contributed by atoms with Crippen LogP contribution in [0, 0.1) is 12.8 Å². The molecule has 4 rings (SSSR count). The van der Waals surface area contributed by atoms with Crippen molar-refractivity contribution in [1.29, 1.82) is 0 Å². The van der Waals surface area contributed by atoms with Gasteiger partial charge >= 0.3 is 12.1 Å². The second kappa shape index (κ2) is 12.8. The maximum absolute atomic E-state index is 13.2. The average molecular weight is 569 g/mol. The van der Waals surface area contributed by atoms with Gasteiger partial charge in [0.1, 0.15) is 11.9 Å². The van der Waals surface area contributed by atoms with E-state index in [1.165, 1.54) is 6.92 Å². The molecule has 1 aromatic heterocycles. The number of aromatic nitrogens is 1. The Kier molecular flexibility index (Phi) is 9.26. The van der Waals surface area contributed by atoms with Crippen LogP contribution in [0.5, 0.6) is 0 Å². The highest BCUT2D eigenvalue weighted by molar-refractivity contribution is 5.99. The van der Waals surface area contributed by atoms with Gasteiger partial charge in [0.2, 0.25) is 5.90 Å². The summed E-state index contributed by atoms with van der Waals surface area (Å²) in [6.07, 6.45) is -2.67. The highest BCUT2D eigenvalue weighted by Gasteiger charge is 2.33. The van der Waals surface area contributed by atoms with Crippen LogP contribution in [0.3, 0.4) is 0 Å². The molecule has 3 aromatic rings. The second-order valence-corrected chi connectivity index (χ2v) is 9.86. The summed E-state index contributed by atoms with van der Waals surface area (Å²) in [6.45, 7) is 4.78. The van der Waals surface area contributed by atoms with E-state index in [-0.39, 0.29) is 35.4 Å². The molecule has 11 heteroatoms. The number of alkyl halides is 3. The van der Waals surface area contributed by atoms with Crippen molar-refractivity contribution >= 4 is 23.6 Å². The van der Waals surface area contributed by atoms with E-state index >= 15 is 0 Å². The van der Waals surface area contributed by atoms with Gasteiger partial charge in [-0.15, -0.1) is 0 Å². The van der Waals surface area contributed by atoms with Crippen molar-refractivity contribution in [2.45, 2.75) is 38.9 Å². The zero-order chi connectivity index (χ0) is 29.6. The first-order valence-electron chi connectivity index (χ1n) is 13.2. The molecule has 2 heterocycles. The van der Waals surface area contributed by atoms with Gasteiger partial charge in [-0.25, -0.2) is 9.78 Å². The molecule has 2 atom stereocenters. The van der Waals surface area contributed by atoms with E-state index in [0.29, 0.717) is 31.2 Å². The summed E-state index contributed by atoms with van der Waals surface area (Å²) in [7, 11) is 0. The van der Waals surface area contributed by atoms with E-state index in [0.717, 1.165) is 23.5 Å². The first-order chi connectivity index (χ1) is 19.5. The SMILES string of the molecule is CCc1cc(C(F)(F)F)cc(C)c1C(=O)NC(Cc1ccc(C2=NCC(CNc3ccccn3)CO2)cc1)C(=O)O. The summed E-state index contributed by atoms with van der Waals surface area (Å²) in [5, 5.41) is 15.5. The summed E-state index contributed by atoms with van der Waals surface area (Å²) >= 11 is 0. The third-order valence-electron chi connectivity index (χ3n) is 6.78. The number of amides is 1. The van der Waals surface area contributed by atoms with E-state index in [2.05, 4.69) is 20.6 Å². The quantitative estimate of drug-likeness (QED) is 0.321. The number of nitrogens with one attached hydrogen (secondary N) is 2. The van der Waals surface area contributed by atoms with Crippen molar-refractivity contribution < 1.29 is 32.6 Å². The number of aryl methyl sites for hydroxylation is 2. The fourth-order valence-corrected chi connectivity index (χ4v) is 4.60. The summed E-state index contributed by atoms with van der Waals surface area (Å²) in [4.78, 5) is 33.8. The Balaban J connectivity index is 1.38. The molecule has 1 aliphatic rings. The molecule has 3 N–H and O–H groups in total. The number of halogens is 3. The number of aliphatic imine (C=N–C) groups is 1. The van der Waals surface area contributed by atoms with Crippen LogP contribution in [0.15, 0.2) is 65.8 Å². The Labute approximate surface area is 235 Å². The Morgan fingerprint density at radius 2 is 1.90 bits per heavy atom. The molecule has 0 saturated carbocycles. The highest BCUT2D eigenvalue weighted by Crippen LogP contribution is 2.32. The van der Waals surface area contributed by atoms with Gasteiger partial charge in [-0.2, -0.15) is 13.2 Å². The molecule has 8 nitrogen and oxygen atoms in total. The lowest BCUT2D eigenvalue weighted by Gasteiger charge is -2.23. The van der Waals surface area contributed by atoms with Crippen molar-refractivity contribution in [1.82, 2.24) is 10.3 Å². The van der Waals surface area contributed by atoms with Crippen LogP contribution < -0.4 is 10.6 Å². The Morgan fingerprint density at radius 3 is 2.49 bits per heavy atom. The zero-order valence-electron chi connectivity index (χ0n) is 22.7. The molecule has 2 aromatic carbocycles. The van der Waals surface area contributed by atoms with Crippen molar-refractivity contribution in [3.05, 3.63) is 94.2 Å². The molecule has 216 valence electrons. The van der Waals surface area contributed by atoms with Crippen LogP contribution in [0.1, 0.15) is 45.1 Å². The number of nitrogens with zero attached hydrogens (tertiary/aromatic N) is 2. The molecule has 2 unspecified atom stereocenters. The fourth-order valence-electron chi connectivity index (χ4n) is 4.60. The molecular formula is C30H31F3N4O4. The van der Waals surface area contributed by atoms with Gasteiger partial charge in [0, 0.05) is 36.2 Å².